The van der Waals surface area contributed by atoms with Crippen molar-refractivity contribution in [2.24, 2.45) is 0 Å². The topological polar surface area (TPSA) is 54.9 Å². The van der Waals surface area contributed by atoms with Gasteiger partial charge < -0.3 is 5.32 Å². The second kappa shape index (κ2) is 5.05. The fourth-order valence-corrected chi connectivity index (χ4v) is 1.79. The van der Waals surface area contributed by atoms with Crippen LogP contribution in [-0.2, 0) is 0 Å². The maximum absolute atomic E-state index is 11.8. The Labute approximate surface area is 107 Å². The first kappa shape index (κ1) is 11.7. The third-order valence-electron chi connectivity index (χ3n) is 2.20. The Morgan fingerprint density at radius 3 is 2.88 bits per heavy atom. The Hall–Kier alpha value is -1.75. The minimum Gasteiger partial charge on any atom is -0.306 e. The average molecular weight is 292 g/mol. The number of hydrogen-bond acceptors (Lipinski definition) is 3. The van der Waals surface area contributed by atoms with E-state index >= 15 is 0 Å². The fourth-order valence-electron chi connectivity index (χ4n) is 1.35. The third kappa shape index (κ3) is 2.88. The van der Waals surface area contributed by atoms with Crippen molar-refractivity contribution in [3.63, 3.8) is 0 Å². The summed E-state index contributed by atoms with van der Waals surface area (Å²) in [5.41, 5.74) is 1.41. The third-order valence-corrected chi connectivity index (χ3v) is 2.63. The molecular weight excluding hydrogens is 282 g/mol. The highest BCUT2D eigenvalue weighted by atomic mass is 79.9. The van der Waals surface area contributed by atoms with E-state index in [-0.39, 0.29) is 5.91 Å². The average Bonchev–Trinajstić information content (AvgIpc) is 2.34. The summed E-state index contributed by atoms with van der Waals surface area (Å²) in [6.45, 7) is 1.89. The standard InChI is InChI=1S/C12H10BrN3O/c1-8-5-10(13)7-15-11(8)16-12(17)9-3-2-4-14-6-9/h2-7H,1H3,(H,15,16,17). The molecule has 0 atom stereocenters. The van der Waals surface area contributed by atoms with Gasteiger partial charge in [-0.05, 0) is 46.6 Å². The highest BCUT2D eigenvalue weighted by Gasteiger charge is 2.08. The van der Waals surface area contributed by atoms with E-state index in [4.69, 9.17) is 0 Å². The molecule has 0 aromatic carbocycles. The van der Waals surface area contributed by atoms with Crippen molar-refractivity contribution < 1.29 is 4.79 Å². The molecule has 0 aliphatic carbocycles. The van der Waals surface area contributed by atoms with Crippen LogP contribution in [0.25, 0.3) is 0 Å². The highest BCUT2D eigenvalue weighted by Crippen LogP contribution is 2.17. The first-order valence-electron chi connectivity index (χ1n) is 5.00. The molecule has 5 heteroatoms. The van der Waals surface area contributed by atoms with Crippen molar-refractivity contribution in [3.8, 4) is 0 Å². The Bertz CT molecular complexity index is 543. The van der Waals surface area contributed by atoms with Crippen LogP contribution in [-0.4, -0.2) is 15.9 Å². The molecule has 0 aliphatic heterocycles. The Morgan fingerprint density at radius 1 is 1.41 bits per heavy atom. The first-order valence-corrected chi connectivity index (χ1v) is 5.79. The van der Waals surface area contributed by atoms with Crippen LogP contribution in [0.4, 0.5) is 5.82 Å². The van der Waals surface area contributed by atoms with E-state index in [0.717, 1.165) is 10.0 Å². The summed E-state index contributed by atoms with van der Waals surface area (Å²) in [7, 11) is 0. The van der Waals surface area contributed by atoms with Crippen molar-refractivity contribution in [2.75, 3.05) is 5.32 Å². The molecule has 0 aliphatic rings. The number of rotatable bonds is 2. The molecule has 0 unspecified atom stereocenters. The second-order valence-electron chi connectivity index (χ2n) is 3.51. The summed E-state index contributed by atoms with van der Waals surface area (Å²) < 4.78 is 0.884. The molecule has 0 bridgehead atoms. The fraction of sp³-hybridized carbons (Fsp3) is 0.0833. The Kier molecular flexibility index (Phi) is 3.49. The van der Waals surface area contributed by atoms with E-state index in [1.54, 1.807) is 24.5 Å². The van der Waals surface area contributed by atoms with Gasteiger partial charge in [0.25, 0.3) is 5.91 Å². The van der Waals surface area contributed by atoms with Gasteiger partial charge in [0.05, 0.1) is 5.56 Å². The maximum atomic E-state index is 11.8. The summed E-state index contributed by atoms with van der Waals surface area (Å²) in [4.78, 5) is 19.9. The first-order chi connectivity index (χ1) is 8.16. The molecule has 17 heavy (non-hydrogen) atoms. The van der Waals surface area contributed by atoms with Gasteiger partial charge in [0, 0.05) is 23.1 Å². The van der Waals surface area contributed by atoms with Crippen molar-refractivity contribution in [1.29, 1.82) is 0 Å². The number of carbonyl (C=O) groups excluding carboxylic acids is 1. The lowest BCUT2D eigenvalue weighted by Gasteiger charge is -2.07. The lowest BCUT2D eigenvalue weighted by atomic mass is 10.2. The molecule has 0 saturated carbocycles. The number of nitrogens with one attached hydrogen (secondary N) is 1. The van der Waals surface area contributed by atoms with Gasteiger partial charge >= 0.3 is 0 Å². The van der Waals surface area contributed by atoms with E-state index < -0.39 is 0 Å². The van der Waals surface area contributed by atoms with Gasteiger partial charge in [-0.15, -0.1) is 0 Å². The molecule has 86 valence electrons. The van der Waals surface area contributed by atoms with Crippen molar-refractivity contribution in [1.82, 2.24) is 9.97 Å². The summed E-state index contributed by atoms with van der Waals surface area (Å²) >= 11 is 3.32. The number of anilines is 1. The lowest BCUT2D eigenvalue weighted by molar-refractivity contribution is 0.102. The summed E-state index contributed by atoms with van der Waals surface area (Å²) in [6, 6.07) is 5.32. The predicted octanol–water partition coefficient (Wildman–Crippen LogP) is 2.80. The highest BCUT2D eigenvalue weighted by molar-refractivity contribution is 9.10. The van der Waals surface area contributed by atoms with Gasteiger partial charge in [-0.25, -0.2) is 4.98 Å². The van der Waals surface area contributed by atoms with E-state index in [1.165, 1.54) is 6.20 Å². The van der Waals surface area contributed by atoms with Gasteiger partial charge in [-0.1, -0.05) is 0 Å². The molecule has 2 aromatic rings. The van der Waals surface area contributed by atoms with E-state index in [1.807, 2.05) is 13.0 Å². The van der Waals surface area contributed by atoms with Crippen LogP contribution in [0.1, 0.15) is 15.9 Å². The number of hydrogen-bond donors (Lipinski definition) is 1. The second-order valence-corrected chi connectivity index (χ2v) is 4.43. The van der Waals surface area contributed by atoms with Crippen LogP contribution < -0.4 is 5.32 Å². The zero-order chi connectivity index (χ0) is 12.3. The Morgan fingerprint density at radius 2 is 2.24 bits per heavy atom. The largest absolute Gasteiger partial charge is 0.306 e. The number of amides is 1. The Balaban J connectivity index is 2.19. The van der Waals surface area contributed by atoms with E-state index in [2.05, 4.69) is 31.2 Å². The van der Waals surface area contributed by atoms with E-state index in [0.29, 0.717) is 11.4 Å². The molecule has 2 rings (SSSR count). The maximum Gasteiger partial charge on any atom is 0.258 e. The van der Waals surface area contributed by atoms with Gasteiger partial charge in [-0.2, -0.15) is 0 Å². The van der Waals surface area contributed by atoms with Gasteiger partial charge in [-0.3, -0.25) is 9.78 Å². The van der Waals surface area contributed by atoms with Crippen LogP contribution >= 0.6 is 15.9 Å². The zero-order valence-electron chi connectivity index (χ0n) is 9.14. The quantitative estimate of drug-likeness (QED) is 0.926. The summed E-state index contributed by atoms with van der Waals surface area (Å²) in [5, 5.41) is 2.74. The monoisotopic (exact) mass is 291 g/mol. The van der Waals surface area contributed by atoms with Crippen LogP contribution in [0, 0.1) is 6.92 Å². The van der Waals surface area contributed by atoms with Crippen LogP contribution in [0.2, 0.25) is 0 Å². The van der Waals surface area contributed by atoms with Crippen LogP contribution in [0.15, 0.2) is 41.3 Å². The predicted molar refractivity (Wildman–Crippen MR) is 68.9 cm³/mol. The molecule has 4 nitrogen and oxygen atoms in total. The number of carbonyl (C=O) groups is 1. The smallest absolute Gasteiger partial charge is 0.258 e. The van der Waals surface area contributed by atoms with Crippen LogP contribution in [0.3, 0.4) is 0 Å². The molecule has 1 N–H and O–H groups in total. The number of aromatic nitrogens is 2. The van der Waals surface area contributed by atoms with Crippen molar-refractivity contribution in [3.05, 3.63) is 52.4 Å². The molecule has 0 saturated heterocycles. The van der Waals surface area contributed by atoms with E-state index in [9.17, 15) is 4.79 Å². The van der Waals surface area contributed by atoms with Gasteiger partial charge in [0.1, 0.15) is 5.82 Å². The summed E-state index contributed by atoms with van der Waals surface area (Å²) in [5.74, 6) is 0.345. The molecule has 0 spiro atoms. The van der Waals surface area contributed by atoms with Crippen LogP contribution in [0.5, 0.6) is 0 Å². The molecule has 2 aromatic heterocycles. The van der Waals surface area contributed by atoms with Gasteiger partial charge in [0.15, 0.2) is 0 Å². The minimum atomic E-state index is -0.212. The SMILES string of the molecule is Cc1cc(Br)cnc1NC(=O)c1cccnc1. The minimum absolute atomic E-state index is 0.212. The molecular formula is C12H10BrN3O. The number of pyridine rings is 2. The normalized spacial score (nSPS) is 10.0. The molecule has 1 amide bonds. The molecule has 0 radical (unpaired) electrons. The number of halogens is 1. The van der Waals surface area contributed by atoms with Gasteiger partial charge in [0.2, 0.25) is 0 Å². The molecule has 0 fully saturated rings. The van der Waals surface area contributed by atoms with Crippen molar-refractivity contribution >= 4 is 27.7 Å². The lowest BCUT2D eigenvalue weighted by Crippen LogP contribution is -2.14. The molecule has 2 heterocycles. The number of aryl methyl sites for hydroxylation is 1. The van der Waals surface area contributed by atoms with Crippen molar-refractivity contribution in [2.45, 2.75) is 6.92 Å². The summed E-state index contributed by atoms with van der Waals surface area (Å²) in [6.07, 6.45) is 4.79. The zero-order valence-corrected chi connectivity index (χ0v) is 10.7. The number of nitrogens with zero attached hydrogens (tertiary/aromatic N) is 2.